The number of carbonyl (C=O) groups is 1. The zero-order valence-corrected chi connectivity index (χ0v) is 12.9. The van der Waals surface area contributed by atoms with E-state index in [2.05, 4.69) is 29.0 Å². The molecule has 1 N–H and O–H groups in total. The second-order valence-corrected chi connectivity index (χ2v) is 5.29. The maximum Gasteiger partial charge on any atom is 0.337 e. The quantitative estimate of drug-likeness (QED) is 0.859. The van der Waals surface area contributed by atoms with Gasteiger partial charge in [-0.25, -0.2) is 4.79 Å². The molecule has 2 aromatic rings. The Balaban J connectivity index is 2.05. The smallest absolute Gasteiger partial charge is 0.337 e. The topological polar surface area (TPSA) is 56.1 Å². The van der Waals surface area contributed by atoms with Gasteiger partial charge in [0.05, 0.1) is 18.4 Å². The summed E-state index contributed by atoms with van der Waals surface area (Å²) in [6.45, 7) is 4.98. The predicted molar refractivity (Wildman–Crippen MR) is 82.4 cm³/mol. The minimum atomic E-state index is -0.323. The van der Waals surface area contributed by atoms with Crippen molar-refractivity contribution in [1.29, 1.82) is 0 Å². The van der Waals surface area contributed by atoms with Crippen LogP contribution in [-0.4, -0.2) is 22.9 Å². The van der Waals surface area contributed by atoms with Crippen LogP contribution in [0.15, 0.2) is 30.5 Å². The highest BCUT2D eigenvalue weighted by molar-refractivity contribution is 5.89. The van der Waals surface area contributed by atoms with E-state index in [1.165, 1.54) is 12.7 Å². The number of carbonyl (C=O) groups excluding carboxylic acids is 1. The first-order valence-electron chi connectivity index (χ1n) is 6.96. The fourth-order valence-electron chi connectivity index (χ4n) is 2.22. The summed E-state index contributed by atoms with van der Waals surface area (Å²) >= 11 is 0. The van der Waals surface area contributed by atoms with E-state index in [0.29, 0.717) is 18.0 Å². The van der Waals surface area contributed by atoms with Crippen LogP contribution in [0.1, 0.15) is 41.4 Å². The third-order valence-electron chi connectivity index (χ3n) is 3.27. The molecule has 0 atom stereocenters. The Morgan fingerprint density at radius 2 is 2.00 bits per heavy atom. The van der Waals surface area contributed by atoms with Gasteiger partial charge in [0.2, 0.25) is 0 Å². The Bertz CT molecular complexity index is 615. The van der Waals surface area contributed by atoms with Gasteiger partial charge >= 0.3 is 5.97 Å². The highest BCUT2D eigenvalue weighted by atomic mass is 16.5. The van der Waals surface area contributed by atoms with Gasteiger partial charge in [0.1, 0.15) is 0 Å². The molecule has 0 bridgehead atoms. The lowest BCUT2D eigenvalue weighted by atomic mass is 10.1. The number of benzene rings is 1. The molecule has 1 aromatic carbocycles. The predicted octanol–water partition coefficient (Wildman–Crippen LogP) is 2.94. The molecule has 5 nitrogen and oxygen atoms in total. The van der Waals surface area contributed by atoms with Gasteiger partial charge in [0, 0.05) is 31.0 Å². The second-order valence-electron chi connectivity index (χ2n) is 5.29. The van der Waals surface area contributed by atoms with Crippen molar-refractivity contribution in [3.63, 3.8) is 0 Å². The molecule has 0 amide bonds. The Kier molecular flexibility index (Phi) is 4.62. The number of methoxy groups -OCH3 is 1. The molecule has 1 aromatic heterocycles. The molecule has 2 rings (SSSR count). The maximum atomic E-state index is 11.4. The standard InChI is InChI=1S/C16H21N3O2/c1-11(2)15-13(10-19(3)18-15)9-17-14-7-5-12(6-8-14)16(20)21-4/h5-8,10-11,17H,9H2,1-4H3. The van der Waals surface area contributed by atoms with Crippen LogP contribution in [0.25, 0.3) is 0 Å². The van der Waals surface area contributed by atoms with Crippen molar-refractivity contribution in [3.05, 3.63) is 47.3 Å². The van der Waals surface area contributed by atoms with Crippen LogP contribution >= 0.6 is 0 Å². The zero-order chi connectivity index (χ0) is 15.4. The number of hydrogen-bond donors (Lipinski definition) is 1. The summed E-state index contributed by atoms with van der Waals surface area (Å²) < 4.78 is 6.52. The van der Waals surface area contributed by atoms with Crippen LogP contribution in [0, 0.1) is 0 Å². The third-order valence-corrected chi connectivity index (χ3v) is 3.27. The number of aryl methyl sites for hydroxylation is 1. The molecule has 0 fully saturated rings. The number of esters is 1. The normalized spacial score (nSPS) is 10.7. The van der Waals surface area contributed by atoms with Gasteiger partial charge in [0.15, 0.2) is 0 Å². The molecule has 112 valence electrons. The summed E-state index contributed by atoms with van der Waals surface area (Å²) in [5, 5.41) is 7.83. The molecular weight excluding hydrogens is 266 g/mol. The SMILES string of the molecule is COC(=O)c1ccc(NCc2cn(C)nc2C(C)C)cc1. The number of hydrogen-bond acceptors (Lipinski definition) is 4. The maximum absolute atomic E-state index is 11.4. The molecule has 0 aliphatic rings. The van der Waals surface area contributed by atoms with Crippen molar-refractivity contribution in [1.82, 2.24) is 9.78 Å². The zero-order valence-electron chi connectivity index (χ0n) is 12.9. The number of aromatic nitrogens is 2. The minimum Gasteiger partial charge on any atom is -0.465 e. The van der Waals surface area contributed by atoms with Crippen molar-refractivity contribution in [3.8, 4) is 0 Å². The Hall–Kier alpha value is -2.30. The summed E-state index contributed by atoms with van der Waals surface area (Å²) in [7, 11) is 3.31. The number of anilines is 1. The summed E-state index contributed by atoms with van der Waals surface area (Å²) in [6.07, 6.45) is 2.03. The monoisotopic (exact) mass is 287 g/mol. The van der Waals surface area contributed by atoms with Crippen molar-refractivity contribution in [2.75, 3.05) is 12.4 Å². The average molecular weight is 287 g/mol. The van der Waals surface area contributed by atoms with Gasteiger partial charge in [-0.1, -0.05) is 13.8 Å². The van der Waals surface area contributed by atoms with Crippen LogP contribution in [-0.2, 0) is 18.3 Å². The van der Waals surface area contributed by atoms with E-state index in [4.69, 9.17) is 0 Å². The van der Waals surface area contributed by atoms with Gasteiger partial charge in [-0.05, 0) is 30.2 Å². The molecule has 5 heteroatoms. The minimum absolute atomic E-state index is 0.323. The van der Waals surface area contributed by atoms with Gasteiger partial charge in [-0.3, -0.25) is 4.68 Å². The largest absolute Gasteiger partial charge is 0.465 e. The van der Waals surface area contributed by atoms with Crippen molar-refractivity contribution < 1.29 is 9.53 Å². The highest BCUT2D eigenvalue weighted by Crippen LogP contribution is 2.19. The third kappa shape index (κ3) is 3.62. The second kappa shape index (κ2) is 6.43. The van der Waals surface area contributed by atoms with Crippen LogP contribution in [0.4, 0.5) is 5.69 Å². The lowest BCUT2D eigenvalue weighted by Crippen LogP contribution is -2.04. The van der Waals surface area contributed by atoms with Gasteiger partial charge < -0.3 is 10.1 Å². The van der Waals surface area contributed by atoms with Crippen LogP contribution in [0.3, 0.4) is 0 Å². The van der Waals surface area contributed by atoms with E-state index in [0.717, 1.165) is 11.4 Å². The number of nitrogens with zero attached hydrogens (tertiary/aromatic N) is 2. The molecular formula is C16H21N3O2. The Morgan fingerprint density at radius 3 is 2.57 bits per heavy atom. The van der Waals surface area contributed by atoms with Crippen molar-refractivity contribution in [2.24, 2.45) is 7.05 Å². The lowest BCUT2D eigenvalue weighted by Gasteiger charge is -2.08. The number of nitrogens with one attached hydrogen (secondary N) is 1. The molecule has 0 saturated carbocycles. The molecule has 0 aliphatic carbocycles. The lowest BCUT2D eigenvalue weighted by molar-refractivity contribution is 0.0601. The summed E-state index contributed by atoms with van der Waals surface area (Å²) in [5.41, 5.74) is 3.80. The summed E-state index contributed by atoms with van der Waals surface area (Å²) in [5.74, 6) is 0.0700. The van der Waals surface area contributed by atoms with E-state index in [1.54, 1.807) is 12.1 Å². The van der Waals surface area contributed by atoms with E-state index < -0.39 is 0 Å². The summed E-state index contributed by atoms with van der Waals surface area (Å²) in [4.78, 5) is 11.4. The molecule has 1 heterocycles. The van der Waals surface area contributed by atoms with Crippen molar-refractivity contribution in [2.45, 2.75) is 26.3 Å². The molecule has 0 unspecified atom stereocenters. The molecule has 0 saturated heterocycles. The molecule has 0 radical (unpaired) electrons. The van der Waals surface area contributed by atoms with Crippen LogP contribution in [0.2, 0.25) is 0 Å². The number of ether oxygens (including phenoxy) is 1. The molecule has 0 spiro atoms. The van der Waals surface area contributed by atoms with E-state index in [1.807, 2.05) is 30.1 Å². The van der Waals surface area contributed by atoms with Crippen LogP contribution in [0.5, 0.6) is 0 Å². The molecule has 21 heavy (non-hydrogen) atoms. The first kappa shape index (κ1) is 15.1. The Morgan fingerprint density at radius 1 is 1.33 bits per heavy atom. The van der Waals surface area contributed by atoms with E-state index in [-0.39, 0.29) is 5.97 Å². The van der Waals surface area contributed by atoms with Gasteiger partial charge in [-0.2, -0.15) is 5.10 Å². The highest BCUT2D eigenvalue weighted by Gasteiger charge is 2.11. The van der Waals surface area contributed by atoms with Crippen LogP contribution < -0.4 is 5.32 Å². The summed E-state index contributed by atoms with van der Waals surface area (Å²) in [6, 6.07) is 7.25. The van der Waals surface area contributed by atoms with Crippen molar-refractivity contribution >= 4 is 11.7 Å². The first-order chi connectivity index (χ1) is 10.0. The van der Waals surface area contributed by atoms with E-state index >= 15 is 0 Å². The Labute approximate surface area is 124 Å². The average Bonchev–Trinajstić information content (AvgIpc) is 2.86. The van der Waals surface area contributed by atoms with E-state index in [9.17, 15) is 4.79 Å². The number of rotatable bonds is 5. The van der Waals surface area contributed by atoms with Gasteiger partial charge in [-0.15, -0.1) is 0 Å². The molecule has 0 aliphatic heterocycles. The first-order valence-corrected chi connectivity index (χ1v) is 6.96. The fourth-order valence-corrected chi connectivity index (χ4v) is 2.22. The van der Waals surface area contributed by atoms with Gasteiger partial charge in [0.25, 0.3) is 0 Å². The fraction of sp³-hybridized carbons (Fsp3) is 0.375.